The summed E-state index contributed by atoms with van der Waals surface area (Å²) in [6.45, 7) is 0. The number of anilines is 1. The largest absolute Gasteiger partial charge is 0.416 e. The van der Waals surface area contributed by atoms with Gasteiger partial charge in [0.25, 0.3) is 0 Å². The third kappa shape index (κ3) is 3.60. The summed E-state index contributed by atoms with van der Waals surface area (Å²) in [6, 6.07) is 6.00. The minimum atomic E-state index is -4.53. The van der Waals surface area contributed by atoms with E-state index in [4.69, 9.17) is 0 Å². The van der Waals surface area contributed by atoms with Crippen LogP contribution in [0.25, 0.3) is 16.6 Å². The van der Waals surface area contributed by atoms with Crippen molar-refractivity contribution in [3.8, 4) is 0 Å². The fourth-order valence-electron chi connectivity index (χ4n) is 3.32. The Morgan fingerprint density at radius 3 is 2.71 bits per heavy atom. The van der Waals surface area contributed by atoms with Crippen molar-refractivity contribution in [1.82, 2.24) is 29.6 Å². The van der Waals surface area contributed by atoms with Crippen LogP contribution in [0.3, 0.4) is 0 Å². The lowest BCUT2D eigenvalue weighted by atomic mass is 10.1. The molecule has 0 bridgehead atoms. The summed E-state index contributed by atoms with van der Waals surface area (Å²) in [5.74, 6) is -0.298. The van der Waals surface area contributed by atoms with Crippen LogP contribution in [-0.2, 0) is 17.4 Å². The Kier molecular flexibility index (Phi) is 4.24. The van der Waals surface area contributed by atoms with Gasteiger partial charge in [0.15, 0.2) is 11.5 Å². The molecule has 4 aromatic rings. The van der Waals surface area contributed by atoms with Crippen molar-refractivity contribution in [2.45, 2.75) is 31.5 Å². The maximum absolute atomic E-state index is 13.1. The molecule has 1 aromatic carbocycles. The molecule has 1 saturated carbocycles. The lowest BCUT2D eigenvalue weighted by Gasteiger charge is -2.14. The molecule has 12 heteroatoms. The van der Waals surface area contributed by atoms with Crippen LogP contribution in [0, 0.1) is 0 Å². The molecule has 31 heavy (non-hydrogen) atoms. The molecular weight excluding hydrogens is 415 g/mol. The molecule has 0 atom stereocenters. The fraction of sp³-hybridized carbons (Fsp3) is 0.263. The lowest BCUT2D eigenvalue weighted by Crippen LogP contribution is -2.25. The number of nitrogens with one attached hydrogen (secondary N) is 1. The van der Waals surface area contributed by atoms with Crippen molar-refractivity contribution >= 4 is 28.3 Å². The minimum Gasteiger partial charge on any atom is -0.309 e. The van der Waals surface area contributed by atoms with E-state index in [9.17, 15) is 22.8 Å². The number of aromatic nitrogens is 6. The molecular formula is C19H14F3N7O2. The number of hydrogen-bond acceptors (Lipinski definition) is 6. The van der Waals surface area contributed by atoms with Gasteiger partial charge in [0.2, 0.25) is 11.3 Å². The SMILES string of the molecule is O=C(Cc1nn(C2CC2)c2cc(C(F)(F)F)ccc2c1=O)Nc1ccc2nncn2n1. The molecule has 0 unspecified atom stereocenters. The van der Waals surface area contributed by atoms with Crippen molar-refractivity contribution in [2.75, 3.05) is 5.32 Å². The summed E-state index contributed by atoms with van der Waals surface area (Å²) in [6.07, 6.45) is -2.01. The Morgan fingerprint density at radius 1 is 1.16 bits per heavy atom. The van der Waals surface area contributed by atoms with Crippen molar-refractivity contribution in [3.63, 3.8) is 0 Å². The number of halogens is 3. The van der Waals surface area contributed by atoms with Gasteiger partial charge in [-0.2, -0.15) is 22.8 Å². The molecule has 3 aromatic heterocycles. The van der Waals surface area contributed by atoms with E-state index < -0.39 is 23.1 Å². The van der Waals surface area contributed by atoms with Gasteiger partial charge in [0.1, 0.15) is 12.0 Å². The van der Waals surface area contributed by atoms with Crippen molar-refractivity contribution < 1.29 is 18.0 Å². The number of fused-ring (bicyclic) bond motifs is 2. The van der Waals surface area contributed by atoms with Crippen LogP contribution < -0.4 is 10.7 Å². The van der Waals surface area contributed by atoms with Gasteiger partial charge >= 0.3 is 6.18 Å². The monoisotopic (exact) mass is 429 g/mol. The van der Waals surface area contributed by atoms with Gasteiger partial charge in [-0.1, -0.05) is 0 Å². The number of rotatable bonds is 4. The zero-order valence-electron chi connectivity index (χ0n) is 15.8. The molecule has 158 valence electrons. The highest BCUT2D eigenvalue weighted by Gasteiger charge is 2.33. The molecule has 1 fully saturated rings. The standard InChI is InChI=1S/C19H14F3N7O2/c20-19(21,22)10-1-4-12-14(7-10)29(11-2-3-11)26-13(18(12)31)8-17(30)24-15-5-6-16-25-23-9-28(16)27-15/h1,4-7,9,11H,2-3,8H2,(H,24,27,30). The number of carbonyl (C=O) groups excluding carboxylic acids is 1. The van der Waals surface area contributed by atoms with E-state index in [-0.39, 0.29) is 34.9 Å². The van der Waals surface area contributed by atoms with E-state index in [0.29, 0.717) is 5.65 Å². The van der Waals surface area contributed by atoms with Crippen molar-refractivity contribution in [3.05, 3.63) is 58.1 Å². The van der Waals surface area contributed by atoms with Crippen LogP contribution in [0.4, 0.5) is 19.0 Å². The van der Waals surface area contributed by atoms with Crippen LogP contribution in [0.1, 0.15) is 30.1 Å². The van der Waals surface area contributed by atoms with Crippen molar-refractivity contribution in [1.29, 1.82) is 0 Å². The van der Waals surface area contributed by atoms with Crippen LogP contribution in [0.5, 0.6) is 0 Å². The zero-order valence-corrected chi connectivity index (χ0v) is 15.8. The van der Waals surface area contributed by atoms with Gasteiger partial charge in [-0.3, -0.25) is 14.3 Å². The topological polar surface area (TPSA) is 107 Å². The predicted molar refractivity (Wildman–Crippen MR) is 102 cm³/mol. The van der Waals surface area contributed by atoms with Crippen LogP contribution >= 0.6 is 0 Å². The van der Waals surface area contributed by atoms with Gasteiger partial charge in [0.05, 0.1) is 23.5 Å². The molecule has 9 nitrogen and oxygen atoms in total. The normalized spacial score (nSPS) is 14.3. The molecule has 5 rings (SSSR count). The average molecular weight is 429 g/mol. The van der Waals surface area contributed by atoms with E-state index in [1.807, 2.05) is 0 Å². The van der Waals surface area contributed by atoms with Gasteiger partial charge in [-0.25, -0.2) is 0 Å². The quantitative estimate of drug-likeness (QED) is 0.534. The highest BCUT2D eigenvalue weighted by atomic mass is 19.4. The Morgan fingerprint density at radius 2 is 1.97 bits per heavy atom. The fourth-order valence-corrected chi connectivity index (χ4v) is 3.32. The van der Waals surface area contributed by atoms with E-state index in [1.54, 1.807) is 6.07 Å². The van der Waals surface area contributed by atoms with Gasteiger partial charge in [0, 0.05) is 5.39 Å². The summed E-state index contributed by atoms with van der Waals surface area (Å²) in [5, 5.41) is 18.6. The second-order valence-corrected chi connectivity index (χ2v) is 7.26. The Labute approximate surface area is 171 Å². The van der Waals surface area contributed by atoms with Crippen molar-refractivity contribution in [2.24, 2.45) is 0 Å². The minimum absolute atomic E-state index is 0.0398. The maximum atomic E-state index is 13.1. The summed E-state index contributed by atoms with van der Waals surface area (Å²) < 4.78 is 42.2. The van der Waals surface area contributed by atoms with Crippen LogP contribution in [-0.4, -0.2) is 35.5 Å². The summed E-state index contributed by atoms with van der Waals surface area (Å²) in [7, 11) is 0. The molecule has 1 aliphatic rings. The first kappa shape index (κ1) is 19.2. The molecule has 1 N–H and O–H groups in total. The third-order valence-electron chi connectivity index (χ3n) is 4.96. The summed E-state index contributed by atoms with van der Waals surface area (Å²) in [4.78, 5) is 25.3. The smallest absolute Gasteiger partial charge is 0.309 e. The summed E-state index contributed by atoms with van der Waals surface area (Å²) >= 11 is 0. The second-order valence-electron chi connectivity index (χ2n) is 7.26. The number of carbonyl (C=O) groups is 1. The first-order valence-corrected chi connectivity index (χ1v) is 9.39. The Balaban J connectivity index is 1.48. The van der Waals surface area contributed by atoms with E-state index >= 15 is 0 Å². The zero-order chi connectivity index (χ0) is 21.8. The summed E-state index contributed by atoms with van der Waals surface area (Å²) in [5.41, 5.74) is -0.845. The molecule has 0 spiro atoms. The second kappa shape index (κ2) is 6.86. The van der Waals surface area contributed by atoms with E-state index in [1.165, 1.54) is 21.6 Å². The van der Waals surface area contributed by atoms with E-state index in [2.05, 4.69) is 25.7 Å². The number of amides is 1. The Hall–Kier alpha value is -3.83. The van der Waals surface area contributed by atoms with E-state index in [0.717, 1.165) is 31.0 Å². The van der Waals surface area contributed by atoms with Crippen LogP contribution in [0.15, 0.2) is 41.5 Å². The van der Waals surface area contributed by atoms with Gasteiger partial charge < -0.3 is 5.32 Å². The average Bonchev–Trinajstić information content (AvgIpc) is 3.46. The number of hydrogen-bond donors (Lipinski definition) is 1. The predicted octanol–water partition coefficient (Wildman–Crippen LogP) is 2.37. The van der Waals surface area contributed by atoms with Gasteiger partial charge in [-0.05, 0) is 43.2 Å². The molecule has 0 radical (unpaired) electrons. The molecule has 1 aliphatic carbocycles. The molecule has 0 aliphatic heterocycles. The number of nitrogens with zero attached hydrogens (tertiary/aromatic N) is 6. The number of benzene rings is 1. The first-order valence-electron chi connectivity index (χ1n) is 9.39. The number of alkyl halides is 3. The highest BCUT2D eigenvalue weighted by Crippen LogP contribution is 2.37. The first-order chi connectivity index (χ1) is 14.8. The lowest BCUT2D eigenvalue weighted by molar-refractivity contribution is -0.137. The highest BCUT2D eigenvalue weighted by molar-refractivity contribution is 5.91. The van der Waals surface area contributed by atoms with Gasteiger partial charge in [-0.15, -0.1) is 15.3 Å². The third-order valence-corrected chi connectivity index (χ3v) is 4.96. The maximum Gasteiger partial charge on any atom is 0.416 e. The van der Waals surface area contributed by atoms with Crippen LogP contribution in [0.2, 0.25) is 0 Å². The molecule has 1 amide bonds. The Bertz CT molecular complexity index is 1390. The molecule has 3 heterocycles. The molecule has 0 saturated heterocycles.